The Morgan fingerprint density at radius 1 is 1.33 bits per heavy atom. The van der Waals surface area contributed by atoms with Crippen LogP contribution in [-0.4, -0.2) is 45.2 Å². The number of piperidine rings is 1. The number of nitrogens with zero attached hydrogens (tertiary/aromatic N) is 1. The van der Waals surface area contributed by atoms with Crippen LogP contribution in [0.3, 0.4) is 0 Å². The Balaban J connectivity index is 1.85. The Kier molecular flexibility index (Phi) is 5.47. The van der Waals surface area contributed by atoms with Crippen LogP contribution in [0.4, 0.5) is 5.69 Å². The zero-order chi connectivity index (χ0) is 15.3. The van der Waals surface area contributed by atoms with E-state index in [0.29, 0.717) is 25.6 Å². The van der Waals surface area contributed by atoms with Crippen LogP contribution in [0.15, 0.2) is 24.3 Å². The summed E-state index contributed by atoms with van der Waals surface area (Å²) in [7, 11) is -3.06. The Bertz CT molecular complexity index is 543. The molecule has 1 heterocycles. The average molecular weight is 312 g/mol. The molecule has 0 aromatic heterocycles. The van der Waals surface area contributed by atoms with Crippen molar-refractivity contribution >= 4 is 15.7 Å². The fraction of sp³-hybridized carbons (Fsp3) is 0.600. The average Bonchev–Trinajstić information content (AvgIpc) is 2.46. The number of hydrogen-bond acceptors (Lipinski definition) is 4. The van der Waals surface area contributed by atoms with E-state index in [1.807, 2.05) is 31.2 Å². The Morgan fingerprint density at radius 2 is 2.05 bits per heavy atom. The number of anilines is 1. The smallest absolute Gasteiger partial charge is 0.211 e. The van der Waals surface area contributed by atoms with E-state index in [2.05, 4.69) is 5.32 Å². The third-order valence-electron chi connectivity index (χ3n) is 3.71. The molecular formula is C15H24N2O3S. The second kappa shape index (κ2) is 7.13. The second-order valence-electron chi connectivity index (χ2n) is 5.47. The van der Waals surface area contributed by atoms with Crippen molar-refractivity contribution in [3.8, 4) is 5.75 Å². The number of ether oxygens (including phenoxy) is 1. The molecule has 21 heavy (non-hydrogen) atoms. The van der Waals surface area contributed by atoms with Gasteiger partial charge >= 0.3 is 0 Å². The van der Waals surface area contributed by atoms with Gasteiger partial charge in [-0.25, -0.2) is 12.7 Å². The minimum Gasteiger partial charge on any atom is -0.494 e. The third kappa shape index (κ3) is 4.89. The van der Waals surface area contributed by atoms with Crippen LogP contribution < -0.4 is 10.1 Å². The number of sulfonamides is 1. The summed E-state index contributed by atoms with van der Waals surface area (Å²) in [6.45, 7) is 4.68. The van der Waals surface area contributed by atoms with E-state index in [9.17, 15) is 8.42 Å². The summed E-state index contributed by atoms with van der Waals surface area (Å²) < 4.78 is 30.2. The molecule has 1 aromatic carbocycles. The summed E-state index contributed by atoms with van der Waals surface area (Å²) in [5, 5.41) is 3.38. The Morgan fingerprint density at radius 3 is 2.67 bits per heavy atom. The maximum Gasteiger partial charge on any atom is 0.211 e. The predicted molar refractivity (Wildman–Crippen MR) is 85.2 cm³/mol. The highest BCUT2D eigenvalue weighted by molar-refractivity contribution is 7.88. The monoisotopic (exact) mass is 312 g/mol. The van der Waals surface area contributed by atoms with Gasteiger partial charge in [-0.2, -0.15) is 0 Å². The molecule has 0 aliphatic carbocycles. The van der Waals surface area contributed by atoms with Crippen LogP contribution in [0, 0.1) is 5.92 Å². The molecule has 1 fully saturated rings. The van der Waals surface area contributed by atoms with Crippen molar-refractivity contribution in [1.82, 2.24) is 4.31 Å². The molecule has 118 valence electrons. The van der Waals surface area contributed by atoms with E-state index in [1.54, 1.807) is 4.31 Å². The van der Waals surface area contributed by atoms with Crippen molar-refractivity contribution in [2.45, 2.75) is 19.8 Å². The molecule has 0 bridgehead atoms. The summed E-state index contributed by atoms with van der Waals surface area (Å²) in [5.74, 6) is 1.23. The van der Waals surface area contributed by atoms with Crippen molar-refractivity contribution in [3.63, 3.8) is 0 Å². The lowest BCUT2D eigenvalue weighted by atomic mass is 9.99. The van der Waals surface area contributed by atoms with Gasteiger partial charge in [0.25, 0.3) is 0 Å². The molecule has 6 heteroatoms. The lowest BCUT2D eigenvalue weighted by molar-refractivity contribution is 0.277. The van der Waals surface area contributed by atoms with Gasteiger partial charge < -0.3 is 10.1 Å². The van der Waals surface area contributed by atoms with Gasteiger partial charge in [-0.1, -0.05) is 0 Å². The zero-order valence-electron chi connectivity index (χ0n) is 12.7. The van der Waals surface area contributed by atoms with E-state index >= 15 is 0 Å². The summed E-state index contributed by atoms with van der Waals surface area (Å²) >= 11 is 0. The minimum atomic E-state index is -3.06. The van der Waals surface area contributed by atoms with Crippen LogP contribution in [0.5, 0.6) is 5.75 Å². The first-order chi connectivity index (χ1) is 9.99. The summed E-state index contributed by atoms with van der Waals surface area (Å²) in [6.07, 6.45) is 3.29. The first-order valence-electron chi connectivity index (χ1n) is 7.41. The minimum absolute atomic E-state index is 0.361. The predicted octanol–water partition coefficient (Wildman–Crippen LogP) is 2.17. The number of benzene rings is 1. The summed E-state index contributed by atoms with van der Waals surface area (Å²) in [4.78, 5) is 0. The van der Waals surface area contributed by atoms with Crippen molar-refractivity contribution in [2.75, 3.05) is 37.8 Å². The molecule has 1 aromatic rings. The number of rotatable bonds is 6. The molecular weight excluding hydrogens is 288 g/mol. The van der Waals surface area contributed by atoms with Gasteiger partial charge in [-0.15, -0.1) is 0 Å². The molecule has 1 aliphatic rings. The Labute approximate surface area is 127 Å². The van der Waals surface area contributed by atoms with E-state index in [1.165, 1.54) is 6.26 Å². The van der Waals surface area contributed by atoms with Crippen LogP contribution >= 0.6 is 0 Å². The first-order valence-corrected chi connectivity index (χ1v) is 9.25. The van der Waals surface area contributed by atoms with Crippen molar-refractivity contribution in [3.05, 3.63) is 24.3 Å². The molecule has 1 saturated heterocycles. The molecule has 1 atom stereocenters. The lowest BCUT2D eigenvalue weighted by Crippen LogP contribution is -2.41. The molecule has 0 spiro atoms. The molecule has 2 rings (SSSR count). The van der Waals surface area contributed by atoms with Gasteiger partial charge in [0, 0.05) is 25.3 Å². The van der Waals surface area contributed by atoms with Crippen molar-refractivity contribution < 1.29 is 13.2 Å². The number of hydrogen-bond donors (Lipinski definition) is 1. The van der Waals surface area contributed by atoms with Gasteiger partial charge in [-0.3, -0.25) is 0 Å². The van der Waals surface area contributed by atoms with Gasteiger partial charge in [-0.05, 0) is 49.9 Å². The van der Waals surface area contributed by atoms with Crippen LogP contribution in [0.2, 0.25) is 0 Å². The van der Waals surface area contributed by atoms with Gasteiger partial charge in [0.2, 0.25) is 10.0 Å². The topological polar surface area (TPSA) is 58.6 Å². The van der Waals surface area contributed by atoms with Crippen LogP contribution in [-0.2, 0) is 10.0 Å². The normalized spacial score (nSPS) is 20.2. The molecule has 0 saturated carbocycles. The van der Waals surface area contributed by atoms with Crippen molar-refractivity contribution in [1.29, 1.82) is 0 Å². The summed E-state index contributed by atoms with van der Waals surface area (Å²) in [6, 6.07) is 7.86. The molecule has 0 radical (unpaired) electrons. The van der Waals surface area contributed by atoms with E-state index in [4.69, 9.17) is 4.74 Å². The maximum absolute atomic E-state index is 11.6. The van der Waals surface area contributed by atoms with E-state index < -0.39 is 10.0 Å². The lowest BCUT2D eigenvalue weighted by Gasteiger charge is -2.31. The van der Waals surface area contributed by atoms with Crippen LogP contribution in [0.1, 0.15) is 19.8 Å². The van der Waals surface area contributed by atoms with Gasteiger partial charge in [0.1, 0.15) is 5.75 Å². The quantitative estimate of drug-likeness (QED) is 0.874. The standard InChI is InChI=1S/C15H24N2O3S/c1-3-20-15-8-6-14(7-9-15)16-11-13-5-4-10-17(12-13)21(2,18)19/h6-9,13,16H,3-5,10-12H2,1-2H3. The fourth-order valence-electron chi connectivity index (χ4n) is 2.59. The van der Waals surface area contributed by atoms with Crippen LogP contribution in [0.25, 0.3) is 0 Å². The third-order valence-corrected chi connectivity index (χ3v) is 4.98. The molecule has 1 unspecified atom stereocenters. The first kappa shape index (κ1) is 16.1. The Hall–Kier alpha value is -1.27. The molecule has 1 N–H and O–H groups in total. The molecule has 5 nitrogen and oxygen atoms in total. The van der Waals surface area contributed by atoms with Gasteiger partial charge in [0.15, 0.2) is 0 Å². The molecule has 1 aliphatic heterocycles. The van der Waals surface area contributed by atoms with E-state index in [-0.39, 0.29) is 0 Å². The largest absolute Gasteiger partial charge is 0.494 e. The highest BCUT2D eigenvalue weighted by Crippen LogP contribution is 2.20. The highest BCUT2D eigenvalue weighted by atomic mass is 32.2. The fourth-order valence-corrected chi connectivity index (χ4v) is 3.53. The zero-order valence-corrected chi connectivity index (χ0v) is 13.5. The second-order valence-corrected chi connectivity index (χ2v) is 7.45. The summed E-state index contributed by atoms with van der Waals surface area (Å²) in [5.41, 5.74) is 1.04. The highest BCUT2D eigenvalue weighted by Gasteiger charge is 2.25. The van der Waals surface area contributed by atoms with E-state index in [0.717, 1.165) is 30.8 Å². The van der Waals surface area contributed by atoms with Gasteiger partial charge in [0.05, 0.1) is 12.9 Å². The van der Waals surface area contributed by atoms with Crippen molar-refractivity contribution in [2.24, 2.45) is 5.92 Å². The molecule has 0 amide bonds. The number of nitrogens with one attached hydrogen (secondary N) is 1. The SMILES string of the molecule is CCOc1ccc(NCC2CCCN(S(C)(=O)=O)C2)cc1. The maximum atomic E-state index is 11.6.